The van der Waals surface area contributed by atoms with Crippen LogP contribution in [0.3, 0.4) is 0 Å². The summed E-state index contributed by atoms with van der Waals surface area (Å²) in [7, 11) is 1.57. The van der Waals surface area contributed by atoms with Gasteiger partial charge in [-0.2, -0.15) is 0 Å². The first-order chi connectivity index (χ1) is 14.1. The van der Waals surface area contributed by atoms with Crippen LogP contribution in [-0.4, -0.2) is 42.0 Å². The number of aromatic nitrogens is 1. The standard InChI is InChI=1S/C21H30N4O3S/c1-4-6-12-22-20(26)17-15-29-19(23-17)14-25(13-7-5-2)21(27)24-16-10-8-9-11-18(16)28-3/h8-11,15H,4-7,12-14H2,1-3H3,(H,22,26)(H,24,27). The number of unbranched alkanes of at least 4 members (excludes halogenated alkanes) is 2. The summed E-state index contributed by atoms with van der Waals surface area (Å²) in [6.07, 6.45) is 3.82. The van der Waals surface area contributed by atoms with Gasteiger partial charge in [0.05, 0.1) is 19.3 Å². The number of amides is 3. The molecule has 0 saturated carbocycles. The second-order valence-corrected chi connectivity index (χ2v) is 7.58. The third kappa shape index (κ3) is 7.05. The minimum atomic E-state index is -0.216. The van der Waals surface area contributed by atoms with Crippen LogP contribution in [-0.2, 0) is 6.54 Å². The third-order valence-electron chi connectivity index (χ3n) is 4.34. The van der Waals surface area contributed by atoms with Gasteiger partial charge in [0.1, 0.15) is 16.5 Å². The Hall–Kier alpha value is -2.61. The molecule has 8 heteroatoms. The second kappa shape index (κ2) is 12.1. The molecule has 3 amide bonds. The highest BCUT2D eigenvalue weighted by atomic mass is 32.1. The number of benzene rings is 1. The first-order valence-electron chi connectivity index (χ1n) is 10.0. The zero-order chi connectivity index (χ0) is 21.1. The Morgan fingerprint density at radius 1 is 1.17 bits per heavy atom. The van der Waals surface area contributed by atoms with Crippen molar-refractivity contribution in [3.05, 3.63) is 40.3 Å². The fourth-order valence-corrected chi connectivity index (χ4v) is 3.45. The van der Waals surface area contributed by atoms with Gasteiger partial charge in [0.15, 0.2) is 0 Å². The van der Waals surface area contributed by atoms with E-state index >= 15 is 0 Å². The molecular weight excluding hydrogens is 388 g/mol. The first-order valence-corrected chi connectivity index (χ1v) is 10.9. The molecule has 0 bridgehead atoms. The molecule has 1 aromatic heterocycles. The molecule has 0 aliphatic heterocycles. The van der Waals surface area contributed by atoms with Crippen LogP contribution < -0.4 is 15.4 Å². The number of anilines is 1. The van der Waals surface area contributed by atoms with E-state index in [1.807, 2.05) is 12.1 Å². The summed E-state index contributed by atoms with van der Waals surface area (Å²) in [5.41, 5.74) is 1.03. The fourth-order valence-electron chi connectivity index (χ4n) is 2.66. The molecule has 158 valence electrons. The zero-order valence-electron chi connectivity index (χ0n) is 17.4. The Kier molecular flexibility index (Phi) is 9.43. The molecule has 2 rings (SSSR count). The number of urea groups is 1. The van der Waals surface area contributed by atoms with Crippen LogP contribution in [0.5, 0.6) is 5.75 Å². The van der Waals surface area contributed by atoms with Gasteiger partial charge in [-0.1, -0.05) is 38.8 Å². The number of methoxy groups -OCH3 is 1. The van der Waals surface area contributed by atoms with Crippen molar-refractivity contribution in [3.8, 4) is 5.75 Å². The molecule has 0 radical (unpaired) electrons. The van der Waals surface area contributed by atoms with Crippen molar-refractivity contribution >= 4 is 29.0 Å². The van der Waals surface area contributed by atoms with E-state index in [1.54, 1.807) is 29.5 Å². The minimum absolute atomic E-state index is 0.167. The van der Waals surface area contributed by atoms with Gasteiger partial charge in [-0.15, -0.1) is 11.3 Å². The highest BCUT2D eigenvalue weighted by molar-refractivity contribution is 7.09. The molecule has 2 N–H and O–H groups in total. The molecule has 0 aliphatic carbocycles. The normalized spacial score (nSPS) is 10.4. The highest BCUT2D eigenvalue weighted by Crippen LogP contribution is 2.24. The van der Waals surface area contributed by atoms with Crippen LogP contribution in [0.1, 0.15) is 55.0 Å². The maximum absolute atomic E-state index is 12.9. The zero-order valence-corrected chi connectivity index (χ0v) is 18.2. The van der Waals surface area contributed by atoms with E-state index in [2.05, 4.69) is 29.5 Å². The number of carbonyl (C=O) groups is 2. The van der Waals surface area contributed by atoms with E-state index in [0.29, 0.717) is 36.8 Å². The fraction of sp³-hybridized carbons (Fsp3) is 0.476. The number of hydrogen-bond donors (Lipinski definition) is 2. The summed E-state index contributed by atoms with van der Waals surface area (Å²) in [4.78, 5) is 31.2. The molecule has 29 heavy (non-hydrogen) atoms. The van der Waals surface area contributed by atoms with Crippen LogP contribution in [0.4, 0.5) is 10.5 Å². The SMILES string of the molecule is CCCCNC(=O)c1csc(CN(CCCC)C(=O)Nc2ccccc2OC)n1. The predicted molar refractivity (Wildman–Crippen MR) is 117 cm³/mol. The quantitative estimate of drug-likeness (QED) is 0.526. The molecule has 1 aromatic carbocycles. The predicted octanol–water partition coefficient (Wildman–Crippen LogP) is 4.52. The second-order valence-electron chi connectivity index (χ2n) is 6.64. The summed E-state index contributed by atoms with van der Waals surface area (Å²) in [5.74, 6) is 0.441. The topological polar surface area (TPSA) is 83.6 Å². The number of carbonyl (C=O) groups excluding carboxylic acids is 2. The molecule has 1 heterocycles. The summed E-state index contributed by atoms with van der Waals surface area (Å²) in [6.45, 7) is 5.77. The summed E-state index contributed by atoms with van der Waals surface area (Å²) >= 11 is 1.39. The van der Waals surface area contributed by atoms with E-state index in [1.165, 1.54) is 11.3 Å². The van der Waals surface area contributed by atoms with Gasteiger partial charge < -0.3 is 20.3 Å². The average Bonchev–Trinajstić information content (AvgIpc) is 3.20. The number of rotatable bonds is 11. The van der Waals surface area contributed by atoms with Crippen LogP contribution in [0.25, 0.3) is 0 Å². The Morgan fingerprint density at radius 3 is 2.66 bits per heavy atom. The Bertz CT molecular complexity index is 794. The molecule has 0 unspecified atom stereocenters. The van der Waals surface area contributed by atoms with Gasteiger partial charge in [0.2, 0.25) is 0 Å². The van der Waals surface area contributed by atoms with E-state index in [4.69, 9.17) is 4.74 Å². The maximum Gasteiger partial charge on any atom is 0.322 e. The number of thiazole rings is 1. The van der Waals surface area contributed by atoms with Crippen molar-refractivity contribution in [2.24, 2.45) is 0 Å². The van der Waals surface area contributed by atoms with Crippen LogP contribution in [0, 0.1) is 0 Å². The average molecular weight is 419 g/mol. The maximum atomic E-state index is 12.9. The molecule has 0 aliphatic rings. The van der Waals surface area contributed by atoms with Gasteiger partial charge in [0, 0.05) is 18.5 Å². The highest BCUT2D eigenvalue weighted by Gasteiger charge is 2.18. The largest absolute Gasteiger partial charge is 0.495 e. The first kappa shape index (κ1) is 22.7. The lowest BCUT2D eigenvalue weighted by Crippen LogP contribution is -2.35. The lowest BCUT2D eigenvalue weighted by Gasteiger charge is -2.22. The van der Waals surface area contributed by atoms with Gasteiger partial charge in [-0.25, -0.2) is 9.78 Å². The number of ether oxygens (including phenoxy) is 1. The van der Waals surface area contributed by atoms with Gasteiger partial charge in [-0.3, -0.25) is 4.79 Å². The third-order valence-corrected chi connectivity index (χ3v) is 5.18. The van der Waals surface area contributed by atoms with E-state index in [9.17, 15) is 9.59 Å². The number of nitrogens with one attached hydrogen (secondary N) is 2. The Morgan fingerprint density at radius 2 is 1.93 bits per heavy atom. The van der Waals surface area contributed by atoms with Crippen LogP contribution in [0.2, 0.25) is 0 Å². The summed E-state index contributed by atoms with van der Waals surface area (Å²) < 4.78 is 5.31. The molecule has 0 spiro atoms. The van der Waals surface area contributed by atoms with Gasteiger partial charge >= 0.3 is 6.03 Å². The van der Waals surface area contributed by atoms with Crippen molar-refractivity contribution in [1.29, 1.82) is 0 Å². The van der Waals surface area contributed by atoms with Crippen LogP contribution in [0.15, 0.2) is 29.6 Å². The van der Waals surface area contributed by atoms with Crippen molar-refractivity contribution in [2.45, 2.75) is 46.1 Å². The number of nitrogens with zero attached hydrogens (tertiary/aromatic N) is 2. The Balaban J connectivity index is 2.04. The van der Waals surface area contributed by atoms with Gasteiger partial charge in [-0.05, 0) is 25.0 Å². The minimum Gasteiger partial charge on any atom is -0.495 e. The molecule has 0 saturated heterocycles. The summed E-state index contributed by atoms with van der Waals surface area (Å²) in [5, 5.41) is 8.26. The van der Waals surface area contributed by atoms with Crippen molar-refractivity contribution in [1.82, 2.24) is 15.2 Å². The molecule has 7 nitrogen and oxygen atoms in total. The van der Waals surface area contributed by atoms with E-state index < -0.39 is 0 Å². The van der Waals surface area contributed by atoms with Crippen molar-refractivity contribution in [3.63, 3.8) is 0 Å². The lowest BCUT2D eigenvalue weighted by atomic mass is 10.3. The van der Waals surface area contributed by atoms with E-state index in [0.717, 1.165) is 30.7 Å². The number of para-hydroxylation sites is 2. The Labute approximate surface area is 176 Å². The van der Waals surface area contributed by atoms with Crippen molar-refractivity contribution in [2.75, 3.05) is 25.5 Å². The van der Waals surface area contributed by atoms with E-state index in [-0.39, 0.29) is 11.9 Å². The lowest BCUT2D eigenvalue weighted by molar-refractivity contribution is 0.0948. The molecule has 2 aromatic rings. The molecule has 0 atom stereocenters. The molecular formula is C21H30N4O3S. The van der Waals surface area contributed by atoms with Crippen LogP contribution >= 0.6 is 11.3 Å². The molecule has 0 fully saturated rings. The smallest absolute Gasteiger partial charge is 0.322 e. The van der Waals surface area contributed by atoms with Crippen molar-refractivity contribution < 1.29 is 14.3 Å². The van der Waals surface area contributed by atoms with Gasteiger partial charge in [0.25, 0.3) is 5.91 Å². The number of hydrogen-bond acceptors (Lipinski definition) is 5. The monoisotopic (exact) mass is 418 g/mol. The summed E-state index contributed by atoms with van der Waals surface area (Å²) in [6, 6.07) is 7.09.